The lowest BCUT2D eigenvalue weighted by atomic mass is 10.1. The minimum absolute atomic E-state index is 0.0562. The monoisotopic (exact) mass is 503 g/mol. The van der Waals surface area contributed by atoms with Gasteiger partial charge in [-0.2, -0.15) is 0 Å². The molecule has 3 amide bonds. The highest BCUT2D eigenvalue weighted by atomic mass is 79.9. The second-order valence-corrected chi connectivity index (χ2v) is 9.15. The molecule has 0 spiro atoms. The Morgan fingerprint density at radius 3 is 2.25 bits per heavy atom. The number of benzene rings is 2. The zero-order chi connectivity index (χ0) is 23.6. The molecule has 0 aliphatic rings. The zero-order valence-corrected chi connectivity index (χ0v) is 20.3. The number of alkyl carbamates (subject to hydrolysis) is 1. The van der Waals surface area contributed by atoms with Gasteiger partial charge in [0.1, 0.15) is 5.60 Å². The minimum atomic E-state index is -0.572. The number of amides is 3. The van der Waals surface area contributed by atoms with Crippen molar-refractivity contribution in [1.82, 2.24) is 10.6 Å². The van der Waals surface area contributed by atoms with E-state index in [2.05, 4.69) is 31.9 Å². The van der Waals surface area contributed by atoms with Gasteiger partial charge in [-0.05, 0) is 56.5 Å². The zero-order valence-electron chi connectivity index (χ0n) is 18.7. The van der Waals surface area contributed by atoms with Crippen molar-refractivity contribution in [3.63, 3.8) is 0 Å². The van der Waals surface area contributed by atoms with Crippen molar-refractivity contribution in [2.75, 3.05) is 11.9 Å². The van der Waals surface area contributed by atoms with Crippen LogP contribution in [0.3, 0.4) is 0 Å². The number of rotatable bonds is 9. The third kappa shape index (κ3) is 9.96. The molecule has 0 aliphatic carbocycles. The van der Waals surface area contributed by atoms with Crippen molar-refractivity contribution in [3.8, 4) is 0 Å². The van der Waals surface area contributed by atoms with E-state index in [0.717, 1.165) is 15.6 Å². The predicted molar refractivity (Wildman–Crippen MR) is 128 cm³/mol. The number of nitrogens with one attached hydrogen (secondary N) is 3. The summed E-state index contributed by atoms with van der Waals surface area (Å²) < 4.78 is 6.12. The third-order valence-corrected chi connectivity index (χ3v) is 5.10. The van der Waals surface area contributed by atoms with Gasteiger partial charge >= 0.3 is 6.09 Å². The summed E-state index contributed by atoms with van der Waals surface area (Å²) in [7, 11) is 0. The summed E-state index contributed by atoms with van der Waals surface area (Å²) in [6.45, 7) is 5.90. The first kappa shape index (κ1) is 25.4. The van der Waals surface area contributed by atoms with Gasteiger partial charge in [-0.25, -0.2) is 4.79 Å². The van der Waals surface area contributed by atoms with E-state index in [0.29, 0.717) is 25.1 Å². The number of carbonyl (C=O) groups excluding carboxylic acids is 3. The summed E-state index contributed by atoms with van der Waals surface area (Å²) in [4.78, 5) is 35.7. The van der Waals surface area contributed by atoms with Crippen LogP contribution in [0.15, 0.2) is 53.0 Å². The molecule has 2 aromatic rings. The van der Waals surface area contributed by atoms with Crippen molar-refractivity contribution < 1.29 is 19.1 Å². The first-order valence-corrected chi connectivity index (χ1v) is 11.3. The van der Waals surface area contributed by atoms with E-state index in [1.807, 2.05) is 48.5 Å². The van der Waals surface area contributed by atoms with Crippen LogP contribution in [-0.4, -0.2) is 30.1 Å². The lowest BCUT2D eigenvalue weighted by Crippen LogP contribution is -2.35. The highest BCUT2D eigenvalue weighted by Gasteiger charge is 2.15. The smallest absolute Gasteiger partial charge is 0.407 e. The SMILES string of the molecule is CC(C)(C)OC(=O)NCCC(=O)NCc1ccc(NC(=O)CCc2ccccc2Br)cc1. The molecular weight excluding hydrogens is 474 g/mol. The molecule has 0 saturated heterocycles. The van der Waals surface area contributed by atoms with E-state index in [4.69, 9.17) is 4.74 Å². The fourth-order valence-corrected chi connectivity index (χ4v) is 3.24. The third-order valence-electron chi connectivity index (χ3n) is 4.33. The van der Waals surface area contributed by atoms with E-state index in [9.17, 15) is 14.4 Å². The molecule has 0 saturated carbocycles. The number of ether oxygens (including phenoxy) is 1. The number of hydrogen-bond acceptors (Lipinski definition) is 4. The Bertz CT molecular complexity index is 924. The summed E-state index contributed by atoms with van der Waals surface area (Å²) in [5, 5.41) is 8.24. The Morgan fingerprint density at radius 2 is 1.59 bits per heavy atom. The van der Waals surface area contributed by atoms with Gasteiger partial charge < -0.3 is 20.7 Å². The van der Waals surface area contributed by atoms with Crippen molar-refractivity contribution in [2.24, 2.45) is 0 Å². The van der Waals surface area contributed by atoms with Gasteiger partial charge in [0.2, 0.25) is 11.8 Å². The maximum Gasteiger partial charge on any atom is 0.407 e. The summed E-state index contributed by atoms with van der Waals surface area (Å²) >= 11 is 3.49. The van der Waals surface area contributed by atoms with Gasteiger partial charge in [0.25, 0.3) is 0 Å². The molecule has 8 heteroatoms. The number of halogens is 1. The van der Waals surface area contributed by atoms with Crippen molar-refractivity contribution in [3.05, 3.63) is 64.1 Å². The summed E-state index contributed by atoms with van der Waals surface area (Å²) in [6.07, 6.45) is 0.655. The average Bonchev–Trinajstić information content (AvgIpc) is 2.71. The maximum atomic E-state index is 12.2. The van der Waals surface area contributed by atoms with E-state index in [1.54, 1.807) is 20.8 Å². The topological polar surface area (TPSA) is 96.5 Å². The molecular formula is C24H30BrN3O4. The minimum Gasteiger partial charge on any atom is -0.444 e. The van der Waals surface area contributed by atoms with Gasteiger partial charge in [0.05, 0.1) is 0 Å². The summed E-state index contributed by atoms with van der Waals surface area (Å²) in [5.74, 6) is -0.232. The van der Waals surface area contributed by atoms with Crippen molar-refractivity contribution >= 4 is 39.5 Å². The van der Waals surface area contributed by atoms with Crippen LogP contribution in [0, 0.1) is 0 Å². The van der Waals surface area contributed by atoms with E-state index >= 15 is 0 Å². The lowest BCUT2D eigenvalue weighted by Gasteiger charge is -2.19. The van der Waals surface area contributed by atoms with Crippen LogP contribution in [0.1, 0.15) is 44.7 Å². The van der Waals surface area contributed by atoms with Crippen LogP contribution < -0.4 is 16.0 Å². The molecule has 0 aliphatic heterocycles. The molecule has 0 unspecified atom stereocenters. The summed E-state index contributed by atoms with van der Waals surface area (Å²) in [5.41, 5.74) is 2.13. The quantitative estimate of drug-likeness (QED) is 0.467. The van der Waals surface area contributed by atoms with Crippen LogP contribution in [0.2, 0.25) is 0 Å². The normalized spacial score (nSPS) is 10.9. The number of hydrogen-bond donors (Lipinski definition) is 3. The van der Waals surface area contributed by atoms with Crippen LogP contribution in [0.25, 0.3) is 0 Å². The van der Waals surface area contributed by atoms with Gasteiger partial charge in [0, 0.05) is 36.1 Å². The van der Waals surface area contributed by atoms with Crippen molar-refractivity contribution in [1.29, 1.82) is 0 Å². The molecule has 0 radical (unpaired) electrons. The fraction of sp³-hybridized carbons (Fsp3) is 0.375. The Labute approximate surface area is 197 Å². The van der Waals surface area contributed by atoms with Crippen LogP contribution >= 0.6 is 15.9 Å². The molecule has 7 nitrogen and oxygen atoms in total. The average molecular weight is 504 g/mol. The first-order valence-electron chi connectivity index (χ1n) is 10.5. The number of carbonyl (C=O) groups is 3. The van der Waals surface area contributed by atoms with E-state index < -0.39 is 11.7 Å². The number of anilines is 1. The molecule has 0 aromatic heterocycles. The lowest BCUT2D eigenvalue weighted by molar-refractivity contribution is -0.121. The number of aryl methyl sites for hydroxylation is 1. The Balaban J connectivity index is 1.67. The van der Waals surface area contributed by atoms with Gasteiger partial charge in [-0.1, -0.05) is 46.3 Å². The van der Waals surface area contributed by atoms with Crippen molar-refractivity contribution in [2.45, 2.75) is 52.2 Å². The molecule has 0 bridgehead atoms. The Kier molecular flexibility index (Phi) is 9.71. The Morgan fingerprint density at radius 1 is 0.906 bits per heavy atom. The largest absolute Gasteiger partial charge is 0.444 e. The first-order chi connectivity index (χ1) is 15.1. The van der Waals surface area contributed by atoms with E-state index in [1.165, 1.54) is 0 Å². The van der Waals surface area contributed by atoms with Crippen LogP contribution in [0.4, 0.5) is 10.5 Å². The van der Waals surface area contributed by atoms with Crippen LogP contribution in [0.5, 0.6) is 0 Å². The second kappa shape index (κ2) is 12.2. The Hall–Kier alpha value is -2.87. The molecule has 2 aromatic carbocycles. The second-order valence-electron chi connectivity index (χ2n) is 8.29. The molecule has 2 rings (SSSR count). The molecule has 0 heterocycles. The highest BCUT2D eigenvalue weighted by molar-refractivity contribution is 9.10. The summed E-state index contributed by atoms with van der Waals surface area (Å²) in [6, 6.07) is 15.2. The van der Waals surface area contributed by atoms with Gasteiger partial charge in [-0.15, -0.1) is 0 Å². The molecule has 0 atom stereocenters. The molecule has 3 N–H and O–H groups in total. The van der Waals surface area contributed by atoms with Crippen LogP contribution in [-0.2, 0) is 27.3 Å². The van der Waals surface area contributed by atoms with E-state index in [-0.39, 0.29) is 24.8 Å². The standard InChI is InChI=1S/C24H30BrN3O4/c1-24(2,3)32-23(31)26-15-14-21(29)27-16-17-8-11-19(12-9-17)28-22(30)13-10-18-6-4-5-7-20(18)25/h4-9,11-12H,10,13-16H2,1-3H3,(H,26,31)(H,27,29)(H,28,30). The molecule has 32 heavy (non-hydrogen) atoms. The highest BCUT2D eigenvalue weighted by Crippen LogP contribution is 2.18. The molecule has 0 fully saturated rings. The predicted octanol–water partition coefficient (Wildman–Crippen LogP) is 4.55. The fourth-order valence-electron chi connectivity index (χ4n) is 2.76. The molecule has 172 valence electrons. The van der Waals surface area contributed by atoms with Gasteiger partial charge in [0.15, 0.2) is 0 Å². The van der Waals surface area contributed by atoms with Gasteiger partial charge in [-0.3, -0.25) is 9.59 Å². The maximum absolute atomic E-state index is 12.2.